The number of hydrogen-bond acceptors (Lipinski definition) is 4. The van der Waals surface area contributed by atoms with Crippen LogP contribution in [-0.2, 0) is 24.3 Å². The molecule has 0 fully saturated rings. The minimum absolute atomic E-state index is 0.00766. The Balaban J connectivity index is 1.19. The van der Waals surface area contributed by atoms with Crippen LogP contribution in [0.15, 0.2) is 66.0 Å². The van der Waals surface area contributed by atoms with Crippen LogP contribution in [0.25, 0.3) is 0 Å². The van der Waals surface area contributed by atoms with Gasteiger partial charge in [-0.3, -0.25) is 9.59 Å². The number of para-hydroxylation sites is 1. The monoisotopic (exact) mass is 418 g/mol. The summed E-state index contributed by atoms with van der Waals surface area (Å²) in [6.07, 6.45) is 2.49. The van der Waals surface area contributed by atoms with E-state index >= 15 is 0 Å². The van der Waals surface area contributed by atoms with Crippen LogP contribution >= 0.6 is 11.3 Å². The zero-order valence-electron chi connectivity index (χ0n) is 17.0. The lowest BCUT2D eigenvalue weighted by atomic mass is 10.1. The zero-order chi connectivity index (χ0) is 20.8. The van der Waals surface area contributed by atoms with E-state index < -0.39 is 0 Å². The summed E-state index contributed by atoms with van der Waals surface area (Å²) in [4.78, 5) is 27.2. The Morgan fingerprint density at radius 2 is 1.73 bits per heavy atom. The molecule has 2 aromatic carbocycles. The number of Topliss-reactive ketones (excluding diaryl/α,β-unsaturated/α-hetero) is 1. The predicted octanol–water partition coefficient (Wildman–Crippen LogP) is 4.98. The topological polar surface area (TPSA) is 49.4 Å². The number of carbonyl (C=O) groups is 2. The van der Waals surface area contributed by atoms with Crippen LogP contribution in [0.1, 0.15) is 45.6 Å². The molecule has 0 atom stereocenters. The Hall–Kier alpha value is -2.92. The van der Waals surface area contributed by atoms with Crippen molar-refractivity contribution in [3.63, 3.8) is 0 Å². The lowest BCUT2D eigenvalue weighted by Crippen LogP contribution is -2.22. The van der Waals surface area contributed by atoms with Gasteiger partial charge in [-0.1, -0.05) is 48.5 Å². The van der Waals surface area contributed by atoms with Gasteiger partial charge in [0.25, 0.3) is 0 Å². The highest BCUT2D eigenvalue weighted by Gasteiger charge is 2.18. The molecule has 3 aromatic rings. The van der Waals surface area contributed by atoms with Gasteiger partial charge < -0.3 is 10.2 Å². The summed E-state index contributed by atoms with van der Waals surface area (Å²) in [5.41, 5.74) is 5.12. The van der Waals surface area contributed by atoms with Crippen LogP contribution in [0.3, 0.4) is 0 Å². The fourth-order valence-electron chi connectivity index (χ4n) is 3.81. The number of hydrogen-bond donors (Lipinski definition) is 1. The third kappa shape index (κ3) is 5.16. The molecule has 5 heteroatoms. The molecule has 1 aliphatic rings. The van der Waals surface area contributed by atoms with Gasteiger partial charge in [-0.2, -0.15) is 0 Å². The summed E-state index contributed by atoms with van der Waals surface area (Å²) in [6, 6.07) is 20.8. The van der Waals surface area contributed by atoms with Gasteiger partial charge in [0.05, 0.1) is 4.88 Å². The molecule has 30 heavy (non-hydrogen) atoms. The van der Waals surface area contributed by atoms with Crippen LogP contribution in [0.2, 0.25) is 0 Å². The van der Waals surface area contributed by atoms with Crippen molar-refractivity contribution in [3.05, 3.63) is 87.6 Å². The fourth-order valence-corrected chi connectivity index (χ4v) is 4.51. The summed E-state index contributed by atoms with van der Waals surface area (Å²) < 4.78 is 0. The van der Waals surface area contributed by atoms with Gasteiger partial charge in [-0.05, 0) is 47.0 Å². The standard InChI is InChI=1S/C25H26N2O2S/c28-23(24-8-4-16-30-24)7-3-9-25(29)26-17-19-10-12-20(13-11-19)18-27-15-14-21-5-1-2-6-22(21)27/h1-2,4-6,8,10-13,16H,3,7,9,14-15,17-18H2,(H,26,29). The third-order valence-electron chi connectivity index (χ3n) is 5.47. The van der Waals surface area contributed by atoms with Crippen molar-refractivity contribution in [2.45, 2.75) is 38.8 Å². The number of carbonyl (C=O) groups excluding carboxylic acids is 2. The summed E-state index contributed by atoms with van der Waals surface area (Å²) in [7, 11) is 0. The van der Waals surface area contributed by atoms with E-state index in [2.05, 4.69) is 58.7 Å². The van der Waals surface area contributed by atoms with E-state index in [1.165, 1.54) is 28.2 Å². The second-order valence-electron chi connectivity index (χ2n) is 7.65. The highest BCUT2D eigenvalue weighted by Crippen LogP contribution is 2.28. The number of amides is 1. The molecule has 1 aromatic heterocycles. The van der Waals surface area contributed by atoms with Crippen molar-refractivity contribution in [3.8, 4) is 0 Å². The maximum absolute atomic E-state index is 12.1. The zero-order valence-corrected chi connectivity index (χ0v) is 17.8. The number of benzene rings is 2. The molecule has 154 valence electrons. The lowest BCUT2D eigenvalue weighted by molar-refractivity contribution is -0.121. The Morgan fingerprint density at radius 3 is 2.53 bits per heavy atom. The van der Waals surface area contributed by atoms with Crippen LogP contribution < -0.4 is 10.2 Å². The number of thiophene rings is 1. The predicted molar refractivity (Wildman–Crippen MR) is 122 cm³/mol. The van der Waals surface area contributed by atoms with Gasteiger partial charge in [-0.15, -0.1) is 11.3 Å². The van der Waals surface area contributed by atoms with Gasteiger partial charge in [0.2, 0.25) is 5.91 Å². The van der Waals surface area contributed by atoms with Gasteiger partial charge in [0, 0.05) is 38.2 Å². The second-order valence-corrected chi connectivity index (χ2v) is 8.60. The first-order chi connectivity index (χ1) is 14.7. The molecule has 0 radical (unpaired) electrons. The summed E-state index contributed by atoms with van der Waals surface area (Å²) in [5.74, 6) is 0.112. The molecule has 0 unspecified atom stereocenters. The molecule has 4 rings (SSSR count). The van der Waals surface area contributed by atoms with Crippen LogP contribution in [-0.4, -0.2) is 18.2 Å². The average molecular weight is 419 g/mol. The fraction of sp³-hybridized carbons (Fsp3) is 0.280. The van der Waals surface area contributed by atoms with E-state index in [0.717, 1.165) is 30.0 Å². The number of fused-ring (bicyclic) bond motifs is 1. The maximum Gasteiger partial charge on any atom is 0.220 e. The Morgan fingerprint density at radius 1 is 0.933 bits per heavy atom. The quantitative estimate of drug-likeness (QED) is 0.499. The summed E-state index contributed by atoms with van der Waals surface area (Å²) in [5, 5.41) is 4.85. The molecule has 1 aliphatic heterocycles. The second kappa shape index (κ2) is 9.72. The van der Waals surface area contributed by atoms with Gasteiger partial charge in [-0.25, -0.2) is 0 Å². The number of nitrogens with zero attached hydrogens (tertiary/aromatic N) is 1. The lowest BCUT2D eigenvalue weighted by Gasteiger charge is -2.19. The third-order valence-corrected chi connectivity index (χ3v) is 6.38. The van der Waals surface area contributed by atoms with E-state index in [1.807, 2.05) is 17.5 Å². The number of ketones is 1. The molecule has 0 saturated heterocycles. The van der Waals surface area contributed by atoms with E-state index in [0.29, 0.717) is 25.8 Å². The SMILES string of the molecule is O=C(CCCC(=O)c1cccs1)NCc1ccc(CN2CCc3ccccc32)cc1. The largest absolute Gasteiger partial charge is 0.367 e. The maximum atomic E-state index is 12.1. The molecule has 4 nitrogen and oxygen atoms in total. The average Bonchev–Trinajstić information content (AvgIpc) is 3.44. The molecule has 2 heterocycles. The molecule has 1 N–H and O–H groups in total. The first-order valence-electron chi connectivity index (χ1n) is 10.4. The normalized spacial score (nSPS) is 12.6. The van der Waals surface area contributed by atoms with Crippen molar-refractivity contribution in [2.24, 2.45) is 0 Å². The van der Waals surface area contributed by atoms with E-state index in [4.69, 9.17) is 0 Å². The van der Waals surface area contributed by atoms with Crippen molar-refractivity contribution >= 4 is 28.7 Å². The van der Waals surface area contributed by atoms with Gasteiger partial charge in [0.1, 0.15) is 0 Å². The molecule has 0 saturated carbocycles. The first-order valence-corrected chi connectivity index (χ1v) is 11.3. The summed E-state index contributed by atoms with van der Waals surface area (Å²) >= 11 is 1.45. The summed E-state index contributed by atoms with van der Waals surface area (Å²) in [6.45, 7) is 2.48. The minimum atomic E-state index is -0.00766. The van der Waals surface area contributed by atoms with Crippen molar-refractivity contribution < 1.29 is 9.59 Å². The van der Waals surface area contributed by atoms with Gasteiger partial charge in [0.15, 0.2) is 5.78 Å². The number of anilines is 1. The van der Waals surface area contributed by atoms with Gasteiger partial charge >= 0.3 is 0 Å². The molecular weight excluding hydrogens is 392 g/mol. The molecular formula is C25H26N2O2S. The highest BCUT2D eigenvalue weighted by molar-refractivity contribution is 7.12. The van der Waals surface area contributed by atoms with Crippen molar-refractivity contribution in [1.82, 2.24) is 5.32 Å². The first kappa shape index (κ1) is 20.4. The van der Waals surface area contributed by atoms with Crippen molar-refractivity contribution in [2.75, 3.05) is 11.4 Å². The van der Waals surface area contributed by atoms with Crippen LogP contribution in [0, 0.1) is 0 Å². The minimum Gasteiger partial charge on any atom is -0.367 e. The van der Waals surface area contributed by atoms with E-state index in [1.54, 1.807) is 0 Å². The molecule has 0 spiro atoms. The van der Waals surface area contributed by atoms with Crippen molar-refractivity contribution in [1.29, 1.82) is 0 Å². The smallest absolute Gasteiger partial charge is 0.220 e. The molecule has 1 amide bonds. The molecule has 0 aliphatic carbocycles. The highest BCUT2D eigenvalue weighted by atomic mass is 32.1. The Kier molecular flexibility index (Phi) is 6.60. The number of nitrogens with one attached hydrogen (secondary N) is 1. The van der Waals surface area contributed by atoms with Crippen LogP contribution in [0.4, 0.5) is 5.69 Å². The van der Waals surface area contributed by atoms with Crippen LogP contribution in [0.5, 0.6) is 0 Å². The Bertz CT molecular complexity index is 996. The number of rotatable bonds is 9. The van der Waals surface area contributed by atoms with E-state index in [9.17, 15) is 9.59 Å². The Labute approximate surface area is 181 Å². The van der Waals surface area contributed by atoms with E-state index in [-0.39, 0.29) is 11.7 Å². The molecule has 0 bridgehead atoms.